The van der Waals surface area contributed by atoms with Gasteiger partial charge in [-0.05, 0) is 24.4 Å². The van der Waals surface area contributed by atoms with Crippen molar-refractivity contribution in [1.82, 2.24) is 0 Å². The Morgan fingerprint density at radius 2 is 1.62 bits per heavy atom. The molecule has 0 saturated carbocycles. The van der Waals surface area contributed by atoms with Crippen LogP contribution < -0.4 is 20.1 Å². The quantitative estimate of drug-likeness (QED) is 0.827. The molecule has 6 heteroatoms. The summed E-state index contributed by atoms with van der Waals surface area (Å²) in [6.07, 6.45) is 0. The van der Waals surface area contributed by atoms with Crippen LogP contribution in [0.1, 0.15) is 0 Å². The monoisotopic (exact) mass is 322 g/mol. The van der Waals surface area contributed by atoms with Gasteiger partial charge in [-0.2, -0.15) is 0 Å². The van der Waals surface area contributed by atoms with E-state index in [-0.39, 0.29) is 0 Å². The number of nitrogens with one attached hydrogen (secondary N) is 2. The predicted molar refractivity (Wildman–Crippen MR) is 90.8 cm³/mol. The molecule has 2 aromatic carbocycles. The lowest BCUT2D eigenvalue weighted by atomic mass is 10.3. The van der Waals surface area contributed by atoms with E-state index < -0.39 is 0 Å². The van der Waals surface area contributed by atoms with Gasteiger partial charge in [0.2, 0.25) is 0 Å². The molecule has 2 rings (SSSR count). The van der Waals surface area contributed by atoms with Crippen molar-refractivity contribution < 1.29 is 9.47 Å². The van der Waals surface area contributed by atoms with Crippen molar-refractivity contribution in [2.45, 2.75) is 0 Å². The number of methoxy groups -OCH3 is 2. The second-order valence-electron chi connectivity index (χ2n) is 4.16. The van der Waals surface area contributed by atoms with Gasteiger partial charge in [-0.15, -0.1) is 0 Å². The Bertz CT molecular complexity index is 627. The summed E-state index contributed by atoms with van der Waals surface area (Å²) < 4.78 is 10.4. The van der Waals surface area contributed by atoms with Gasteiger partial charge in [0.05, 0.1) is 24.9 Å². The summed E-state index contributed by atoms with van der Waals surface area (Å²) in [5, 5.41) is 7.14. The van der Waals surface area contributed by atoms with Gasteiger partial charge in [0, 0.05) is 23.9 Å². The number of halogens is 1. The molecule has 21 heavy (non-hydrogen) atoms. The molecule has 0 unspecified atom stereocenters. The van der Waals surface area contributed by atoms with Gasteiger partial charge in [-0.3, -0.25) is 0 Å². The third-order valence-corrected chi connectivity index (χ3v) is 3.27. The highest BCUT2D eigenvalue weighted by Crippen LogP contribution is 2.26. The molecule has 110 valence electrons. The van der Waals surface area contributed by atoms with Gasteiger partial charge in [0.25, 0.3) is 0 Å². The zero-order valence-corrected chi connectivity index (χ0v) is 13.2. The van der Waals surface area contributed by atoms with E-state index in [0.717, 1.165) is 11.4 Å². The highest BCUT2D eigenvalue weighted by molar-refractivity contribution is 7.80. The molecule has 0 amide bonds. The van der Waals surface area contributed by atoms with Crippen LogP contribution in [0, 0.1) is 0 Å². The van der Waals surface area contributed by atoms with E-state index in [0.29, 0.717) is 21.6 Å². The molecule has 0 aliphatic rings. The summed E-state index contributed by atoms with van der Waals surface area (Å²) in [6, 6.07) is 12.8. The first-order valence-electron chi connectivity index (χ1n) is 6.18. The third kappa shape index (κ3) is 4.24. The van der Waals surface area contributed by atoms with Crippen LogP contribution in [0.15, 0.2) is 42.5 Å². The number of para-hydroxylation sites is 1. The van der Waals surface area contributed by atoms with Gasteiger partial charge in [0.1, 0.15) is 11.5 Å². The van der Waals surface area contributed by atoms with E-state index in [1.54, 1.807) is 26.4 Å². The maximum atomic E-state index is 6.08. The molecule has 0 radical (unpaired) electrons. The molecule has 0 fully saturated rings. The SMILES string of the molecule is COc1cc(NC(=S)Nc2ccccc2Cl)cc(OC)c1. The van der Waals surface area contributed by atoms with Crippen LogP contribution in [0.25, 0.3) is 0 Å². The minimum absolute atomic E-state index is 0.429. The number of ether oxygens (including phenoxy) is 2. The average Bonchev–Trinajstić information content (AvgIpc) is 2.49. The molecule has 0 aromatic heterocycles. The molecule has 2 N–H and O–H groups in total. The molecule has 2 aromatic rings. The minimum Gasteiger partial charge on any atom is -0.497 e. The molecule has 0 saturated heterocycles. The lowest BCUT2D eigenvalue weighted by molar-refractivity contribution is 0.395. The zero-order valence-electron chi connectivity index (χ0n) is 11.6. The molecule has 0 atom stereocenters. The Kier molecular flexibility index (Phi) is 5.25. The van der Waals surface area contributed by atoms with Crippen molar-refractivity contribution in [3.63, 3.8) is 0 Å². The first kappa shape index (κ1) is 15.4. The molecule has 4 nitrogen and oxygen atoms in total. The Hall–Kier alpha value is -1.98. The number of hydrogen-bond donors (Lipinski definition) is 2. The molecule has 0 heterocycles. The predicted octanol–water partition coefficient (Wildman–Crippen LogP) is 4.17. The minimum atomic E-state index is 0.429. The molecular weight excluding hydrogens is 308 g/mol. The van der Waals surface area contributed by atoms with Gasteiger partial charge in [-0.25, -0.2) is 0 Å². The normalized spacial score (nSPS) is 9.86. The molecular formula is C15H15ClN2O2S. The van der Waals surface area contributed by atoms with Crippen molar-refractivity contribution in [2.24, 2.45) is 0 Å². The van der Waals surface area contributed by atoms with Crippen molar-refractivity contribution in [3.8, 4) is 11.5 Å². The largest absolute Gasteiger partial charge is 0.497 e. The molecule has 0 aliphatic heterocycles. The number of thiocarbonyl (C=S) groups is 1. The highest BCUT2D eigenvalue weighted by atomic mass is 35.5. The number of benzene rings is 2. The fourth-order valence-electron chi connectivity index (χ4n) is 1.73. The van der Waals surface area contributed by atoms with Gasteiger partial charge in [0.15, 0.2) is 5.11 Å². The summed E-state index contributed by atoms with van der Waals surface area (Å²) in [5.41, 5.74) is 1.50. The lowest BCUT2D eigenvalue weighted by Crippen LogP contribution is -2.19. The summed E-state index contributed by atoms with van der Waals surface area (Å²) in [6.45, 7) is 0. The van der Waals surface area contributed by atoms with Crippen molar-refractivity contribution >= 4 is 40.3 Å². The standard InChI is InChI=1S/C15H15ClN2O2S/c1-19-11-7-10(8-12(9-11)20-2)17-15(21)18-14-6-4-3-5-13(14)16/h3-9H,1-2H3,(H2,17,18,21). The van der Waals surface area contributed by atoms with Crippen LogP contribution >= 0.6 is 23.8 Å². The van der Waals surface area contributed by atoms with Gasteiger partial charge >= 0.3 is 0 Å². The van der Waals surface area contributed by atoms with E-state index in [1.807, 2.05) is 30.3 Å². The summed E-state index contributed by atoms with van der Waals surface area (Å²) >= 11 is 11.4. The first-order valence-corrected chi connectivity index (χ1v) is 6.96. The van der Waals surface area contributed by atoms with Crippen LogP contribution in [-0.4, -0.2) is 19.3 Å². The summed E-state index contributed by atoms with van der Waals surface area (Å²) in [5.74, 6) is 1.36. The third-order valence-electron chi connectivity index (χ3n) is 2.73. The van der Waals surface area contributed by atoms with Gasteiger partial charge in [-0.1, -0.05) is 23.7 Å². The topological polar surface area (TPSA) is 42.5 Å². The maximum absolute atomic E-state index is 6.08. The molecule has 0 bridgehead atoms. The van der Waals surface area contributed by atoms with Crippen LogP contribution in [-0.2, 0) is 0 Å². The highest BCUT2D eigenvalue weighted by Gasteiger charge is 2.05. The first-order chi connectivity index (χ1) is 10.1. The van der Waals surface area contributed by atoms with Crippen molar-refractivity contribution in [3.05, 3.63) is 47.5 Å². The maximum Gasteiger partial charge on any atom is 0.175 e. The Labute approximate surface area is 134 Å². The Morgan fingerprint density at radius 1 is 1.00 bits per heavy atom. The number of rotatable bonds is 4. The van der Waals surface area contributed by atoms with E-state index in [9.17, 15) is 0 Å². The fraction of sp³-hybridized carbons (Fsp3) is 0.133. The average molecular weight is 323 g/mol. The summed E-state index contributed by atoms with van der Waals surface area (Å²) in [7, 11) is 3.19. The zero-order chi connectivity index (χ0) is 15.2. The second kappa shape index (κ2) is 7.15. The van der Waals surface area contributed by atoms with E-state index in [2.05, 4.69) is 10.6 Å². The van der Waals surface area contributed by atoms with E-state index in [4.69, 9.17) is 33.3 Å². The van der Waals surface area contributed by atoms with Crippen LogP contribution in [0.4, 0.5) is 11.4 Å². The van der Waals surface area contributed by atoms with Gasteiger partial charge < -0.3 is 20.1 Å². The van der Waals surface area contributed by atoms with Crippen LogP contribution in [0.5, 0.6) is 11.5 Å². The fourth-order valence-corrected chi connectivity index (χ4v) is 2.14. The Balaban J connectivity index is 2.11. The van der Waals surface area contributed by atoms with Crippen molar-refractivity contribution in [2.75, 3.05) is 24.9 Å². The van der Waals surface area contributed by atoms with Crippen LogP contribution in [0.3, 0.4) is 0 Å². The van der Waals surface area contributed by atoms with E-state index >= 15 is 0 Å². The second-order valence-corrected chi connectivity index (χ2v) is 4.98. The van der Waals surface area contributed by atoms with Crippen molar-refractivity contribution in [1.29, 1.82) is 0 Å². The molecule has 0 spiro atoms. The van der Waals surface area contributed by atoms with E-state index in [1.165, 1.54) is 0 Å². The Morgan fingerprint density at radius 3 is 2.19 bits per heavy atom. The summed E-state index contributed by atoms with van der Waals surface area (Å²) in [4.78, 5) is 0. The number of anilines is 2. The lowest BCUT2D eigenvalue weighted by Gasteiger charge is -2.13. The van der Waals surface area contributed by atoms with Crippen LogP contribution in [0.2, 0.25) is 5.02 Å². The number of hydrogen-bond acceptors (Lipinski definition) is 3. The smallest absolute Gasteiger partial charge is 0.175 e. The molecule has 0 aliphatic carbocycles.